The van der Waals surface area contributed by atoms with E-state index >= 15 is 0 Å². The van der Waals surface area contributed by atoms with Crippen LogP contribution in [0.1, 0.15) is 26.2 Å². The van der Waals surface area contributed by atoms with Crippen LogP contribution in [0.4, 0.5) is 5.69 Å². The van der Waals surface area contributed by atoms with Crippen LogP contribution < -0.4 is 4.80 Å². The molecule has 1 aliphatic heterocycles. The Balaban J connectivity index is 1.71. The van der Waals surface area contributed by atoms with E-state index in [-0.39, 0.29) is 35.0 Å². The first-order chi connectivity index (χ1) is 14.4. The molecule has 1 aromatic carbocycles. The Morgan fingerprint density at radius 1 is 1.40 bits per heavy atom. The van der Waals surface area contributed by atoms with Crippen molar-refractivity contribution in [2.24, 2.45) is 4.99 Å². The first kappa shape index (κ1) is 22.2. The fourth-order valence-electron chi connectivity index (χ4n) is 3.48. The third-order valence-corrected chi connectivity index (χ3v) is 6.93. The van der Waals surface area contributed by atoms with E-state index in [1.807, 2.05) is 4.90 Å². The third-order valence-electron chi connectivity index (χ3n) is 4.98. The molecule has 1 atom stereocenters. The number of hydrogen-bond acceptors (Lipinski definition) is 6. The average molecular weight is 449 g/mol. The molecule has 0 saturated carbocycles. The number of thiazole rings is 1. The average Bonchev–Trinajstić information content (AvgIpc) is 3.04. The standard InChI is InChI=1S/C20H24N4O4S2/c1-3-9-23-16-8-7-15(24(27)28)11-17(16)30-20(23)21-18(25)12-29-13-19(26)22-10-5-4-6-14(22)2/h3,7-8,11,14H,1,4-6,9-10,12-13H2,2H3. The maximum absolute atomic E-state index is 12.4. The predicted octanol–water partition coefficient (Wildman–Crippen LogP) is 3.36. The number of aromatic nitrogens is 1. The number of nitrogens with zero attached hydrogens (tertiary/aromatic N) is 4. The van der Waals surface area contributed by atoms with Gasteiger partial charge in [-0.2, -0.15) is 4.99 Å². The van der Waals surface area contributed by atoms with Gasteiger partial charge in [0.05, 0.1) is 26.6 Å². The van der Waals surface area contributed by atoms with Gasteiger partial charge in [0.2, 0.25) is 5.91 Å². The van der Waals surface area contributed by atoms with Crippen molar-refractivity contribution in [3.8, 4) is 0 Å². The summed E-state index contributed by atoms with van der Waals surface area (Å²) in [6, 6.07) is 4.83. The van der Waals surface area contributed by atoms with E-state index in [1.165, 1.54) is 35.2 Å². The molecule has 1 aromatic heterocycles. The molecule has 1 fully saturated rings. The summed E-state index contributed by atoms with van der Waals surface area (Å²) in [7, 11) is 0. The van der Waals surface area contributed by atoms with E-state index in [1.54, 1.807) is 16.7 Å². The van der Waals surface area contributed by atoms with E-state index in [4.69, 9.17) is 0 Å². The first-order valence-corrected chi connectivity index (χ1v) is 11.7. The number of allylic oxidation sites excluding steroid dienone is 1. The van der Waals surface area contributed by atoms with E-state index < -0.39 is 4.92 Å². The lowest BCUT2D eigenvalue weighted by Gasteiger charge is -2.33. The van der Waals surface area contributed by atoms with Crippen molar-refractivity contribution in [2.45, 2.75) is 38.8 Å². The van der Waals surface area contributed by atoms with Gasteiger partial charge in [-0.1, -0.05) is 17.4 Å². The largest absolute Gasteiger partial charge is 0.339 e. The molecule has 10 heteroatoms. The number of thioether (sulfide) groups is 1. The molecule has 1 aliphatic rings. The Morgan fingerprint density at radius 3 is 2.90 bits per heavy atom. The van der Waals surface area contributed by atoms with E-state index in [9.17, 15) is 19.7 Å². The van der Waals surface area contributed by atoms with Gasteiger partial charge in [0.1, 0.15) is 0 Å². The highest BCUT2D eigenvalue weighted by molar-refractivity contribution is 8.00. The molecule has 1 saturated heterocycles. The highest BCUT2D eigenvalue weighted by Crippen LogP contribution is 2.23. The maximum Gasteiger partial charge on any atom is 0.270 e. The Hall–Kier alpha value is -2.46. The van der Waals surface area contributed by atoms with Gasteiger partial charge < -0.3 is 9.47 Å². The number of carbonyl (C=O) groups excluding carboxylic acids is 2. The van der Waals surface area contributed by atoms with Crippen LogP contribution in [-0.2, 0) is 16.1 Å². The Kier molecular flexibility index (Phi) is 7.43. The molecule has 8 nitrogen and oxygen atoms in total. The number of amides is 2. The predicted molar refractivity (Wildman–Crippen MR) is 120 cm³/mol. The second-order valence-corrected chi connectivity index (χ2v) is 9.12. The quantitative estimate of drug-likeness (QED) is 0.367. The van der Waals surface area contributed by atoms with Crippen LogP contribution in [0.2, 0.25) is 0 Å². The summed E-state index contributed by atoms with van der Waals surface area (Å²) in [5, 5.41) is 11.0. The van der Waals surface area contributed by atoms with Crippen LogP contribution in [0, 0.1) is 10.1 Å². The summed E-state index contributed by atoms with van der Waals surface area (Å²) in [4.78, 5) is 41.9. The minimum absolute atomic E-state index is 0.00612. The molecule has 2 amide bonds. The van der Waals surface area contributed by atoms with Crippen LogP contribution in [0.15, 0.2) is 35.8 Å². The van der Waals surface area contributed by atoms with Gasteiger partial charge in [0, 0.05) is 31.3 Å². The molecule has 0 bridgehead atoms. The Labute approximate surface area is 182 Å². The molecule has 30 heavy (non-hydrogen) atoms. The van der Waals surface area contributed by atoms with Gasteiger partial charge in [-0.15, -0.1) is 18.3 Å². The second kappa shape index (κ2) is 10.0. The van der Waals surface area contributed by atoms with E-state index in [2.05, 4.69) is 18.5 Å². The molecule has 0 spiro atoms. The van der Waals surface area contributed by atoms with Crippen molar-refractivity contribution >= 4 is 50.8 Å². The van der Waals surface area contributed by atoms with E-state index in [0.717, 1.165) is 31.3 Å². The molecule has 0 aliphatic carbocycles. The van der Waals surface area contributed by atoms with Crippen molar-refractivity contribution in [3.63, 3.8) is 0 Å². The molecule has 0 N–H and O–H groups in total. The van der Waals surface area contributed by atoms with Crippen LogP contribution in [0.3, 0.4) is 0 Å². The SMILES string of the molecule is C=CCn1c(=NC(=O)CSCC(=O)N2CCCCC2C)sc2cc([N+](=O)[O-])ccc21. The Bertz CT molecular complexity index is 1040. The van der Waals surface area contributed by atoms with Crippen LogP contribution in [0.25, 0.3) is 10.2 Å². The fraction of sp³-hybridized carbons (Fsp3) is 0.450. The molecular formula is C20H24N4O4S2. The summed E-state index contributed by atoms with van der Waals surface area (Å²) >= 11 is 2.49. The van der Waals surface area contributed by atoms with Gasteiger partial charge in [-0.05, 0) is 32.3 Å². The summed E-state index contributed by atoms with van der Waals surface area (Å²) < 4.78 is 2.49. The molecule has 3 rings (SSSR count). The van der Waals surface area contributed by atoms with Crippen molar-refractivity contribution < 1.29 is 14.5 Å². The highest BCUT2D eigenvalue weighted by Gasteiger charge is 2.23. The molecule has 1 unspecified atom stereocenters. The number of nitro benzene ring substituents is 1. The number of likely N-dealkylation sites (tertiary alicyclic amines) is 1. The lowest BCUT2D eigenvalue weighted by Crippen LogP contribution is -2.43. The monoisotopic (exact) mass is 448 g/mol. The van der Waals surface area contributed by atoms with Gasteiger partial charge >= 0.3 is 0 Å². The lowest BCUT2D eigenvalue weighted by atomic mass is 10.0. The zero-order valence-electron chi connectivity index (χ0n) is 16.8. The molecule has 2 heterocycles. The van der Waals surface area contributed by atoms with E-state index in [0.29, 0.717) is 16.0 Å². The number of fused-ring (bicyclic) bond motifs is 1. The third kappa shape index (κ3) is 5.17. The number of nitro groups is 1. The minimum atomic E-state index is -0.449. The topological polar surface area (TPSA) is 97.8 Å². The molecule has 2 aromatic rings. The van der Waals surface area contributed by atoms with Gasteiger partial charge in [0.25, 0.3) is 11.6 Å². The highest BCUT2D eigenvalue weighted by atomic mass is 32.2. The lowest BCUT2D eigenvalue weighted by molar-refractivity contribution is -0.384. The second-order valence-electron chi connectivity index (χ2n) is 7.12. The molecule has 160 valence electrons. The summed E-state index contributed by atoms with van der Waals surface area (Å²) in [5.41, 5.74) is 0.757. The number of benzene rings is 1. The zero-order valence-corrected chi connectivity index (χ0v) is 18.4. The Morgan fingerprint density at radius 2 is 2.20 bits per heavy atom. The number of non-ortho nitro benzene ring substituents is 1. The minimum Gasteiger partial charge on any atom is -0.339 e. The summed E-state index contributed by atoms with van der Waals surface area (Å²) in [6.45, 7) is 7.01. The number of rotatable bonds is 7. The number of carbonyl (C=O) groups is 2. The molecule has 0 radical (unpaired) electrons. The van der Waals surface area contributed by atoms with Gasteiger partial charge in [-0.25, -0.2) is 0 Å². The van der Waals surface area contributed by atoms with Crippen molar-refractivity contribution in [3.05, 3.63) is 45.8 Å². The van der Waals surface area contributed by atoms with Crippen molar-refractivity contribution in [1.29, 1.82) is 0 Å². The maximum atomic E-state index is 12.4. The van der Waals surface area contributed by atoms with Crippen LogP contribution in [0.5, 0.6) is 0 Å². The number of piperidine rings is 1. The van der Waals surface area contributed by atoms with Crippen molar-refractivity contribution in [1.82, 2.24) is 9.47 Å². The molecular weight excluding hydrogens is 424 g/mol. The van der Waals surface area contributed by atoms with Gasteiger partial charge in [0.15, 0.2) is 4.80 Å². The summed E-state index contributed by atoms with van der Waals surface area (Å²) in [6.07, 6.45) is 4.89. The van der Waals surface area contributed by atoms with Gasteiger partial charge in [-0.3, -0.25) is 19.7 Å². The zero-order chi connectivity index (χ0) is 21.7. The van der Waals surface area contributed by atoms with Crippen LogP contribution >= 0.6 is 23.1 Å². The summed E-state index contributed by atoms with van der Waals surface area (Å²) in [5.74, 6) is 0.0992. The fourth-order valence-corrected chi connectivity index (χ4v) is 5.25. The first-order valence-electron chi connectivity index (χ1n) is 9.74. The normalized spacial score (nSPS) is 17.3. The van der Waals surface area contributed by atoms with Crippen molar-refractivity contribution in [2.75, 3.05) is 18.1 Å². The smallest absolute Gasteiger partial charge is 0.270 e. The van der Waals surface area contributed by atoms with Crippen LogP contribution in [-0.4, -0.2) is 50.3 Å². The number of hydrogen-bond donors (Lipinski definition) is 0.